The van der Waals surface area contributed by atoms with Gasteiger partial charge in [-0.15, -0.1) is 0 Å². The lowest BCUT2D eigenvalue weighted by Gasteiger charge is -2.35. The Labute approximate surface area is 108 Å². The van der Waals surface area contributed by atoms with E-state index in [0.29, 0.717) is 13.1 Å². The number of nitrogens with zero attached hydrogens (tertiary/aromatic N) is 1. The number of carboxylic acids is 1. The first-order chi connectivity index (χ1) is 8.20. The van der Waals surface area contributed by atoms with Gasteiger partial charge in [0.25, 0.3) is 0 Å². The fourth-order valence-corrected chi connectivity index (χ4v) is 2.11. The highest BCUT2D eigenvalue weighted by atomic mass is 16.6. The summed E-state index contributed by atoms with van der Waals surface area (Å²) in [6, 6.07) is 0. The zero-order valence-electron chi connectivity index (χ0n) is 11.6. The van der Waals surface area contributed by atoms with Gasteiger partial charge in [0.1, 0.15) is 5.60 Å². The van der Waals surface area contributed by atoms with Gasteiger partial charge in [-0.25, -0.2) is 4.79 Å². The monoisotopic (exact) mass is 257 g/mol. The molecule has 0 bridgehead atoms. The molecule has 5 nitrogen and oxygen atoms in total. The lowest BCUT2D eigenvalue weighted by atomic mass is 9.87. The molecule has 1 heterocycles. The highest BCUT2D eigenvalue weighted by molar-refractivity contribution is 5.71. The molecule has 1 aliphatic rings. The second-order valence-electron chi connectivity index (χ2n) is 5.96. The van der Waals surface area contributed by atoms with Gasteiger partial charge in [-0.3, -0.25) is 4.79 Å². The Balaban J connectivity index is 2.58. The van der Waals surface area contributed by atoms with Crippen LogP contribution in [0.1, 0.15) is 40.5 Å². The van der Waals surface area contributed by atoms with Crippen molar-refractivity contribution < 1.29 is 19.4 Å². The molecule has 0 aliphatic carbocycles. The molecule has 0 saturated carbocycles. The highest BCUT2D eigenvalue weighted by Crippen LogP contribution is 2.25. The van der Waals surface area contributed by atoms with Crippen molar-refractivity contribution in [1.29, 1.82) is 0 Å². The van der Waals surface area contributed by atoms with Crippen LogP contribution in [0.5, 0.6) is 0 Å². The van der Waals surface area contributed by atoms with Crippen LogP contribution in [-0.4, -0.2) is 40.8 Å². The number of carbonyl (C=O) groups excluding carboxylic acids is 1. The molecule has 1 rings (SSSR count). The minimum Gasteiger partial charge on any atom is -0.481 e. The van der Waals surface area contributed by atoms with Gasteiger partial charge in [-0.05, 0) is 39.5 Å². The molecule has 1 fully saturated rings. The van der Waals surface area contributed by atoms with E-state index in [-0.39, 0.29) is 12.0 Å². The number of piperidine rings is 1. The van der Waals surface area contributed by atoms with Gasteiger partial charge in [0.2, 0.25) is 0 Å². The standard InChI is InChI=1S/C13H23NO4/c1-9(11(15)16)10-6-5-7-14(8-10)12(17)18-13(2,3)4/h9-10H,5-8H2,1-4H3,(H,15,16)/t9-,10+/m1/s1. The topological polar surface area (TPSA) is 66.8 Å². The third-order valence-electron chi connectivity index (χ3n) is 3.21. The summed E-state index contributed by atoms with van der Waals surface area (Å²) in [5, 5.41) is 9.01. The number of amides is 1. The third-order valence-corrected chi connectivity index (χ3v) is 3.21. The van der Waals surface area contributed by atoms with Crippen LogP contribution in [-0.2, 0) is 9.53 Å². The van der Waals surface area contributed by atoms with Gasteiger partial charge in [0.05, 0.1) is 5.92 Å². The van der Waals surface area contributed by atoms with E-state index in [0.717, 1.165) is 12.8 Å². The molecule has 2 atom stereocenters. The van der Waals surface area contributed by atoms with E-state index in [1.54, 1.807) is 11.8 Å². The Bertz CT molecular complexity index is 321. The van der Waals surface area contributed by atoms with Crippen molar-refractivity contribution in [3.8, 4) is 0 Å². The number of rotatable bonds is 2. The SMILES string of the molecule is C[C@@H](C(=O)O)[C@H]1CCCN(C(=O)OC(C)(C)C)C1. The van der Waals surface area contributed by atoms with Crippen molar-refractivity contribution in [1.82, 2.24) is 4.90 Å². The number of aliphatic carboxylic acids is 1. The van der Waals surface area contributed by atoms with E-state index in [1.165, 1.54) is 0 Å². The predicted octanol–water partition coefficient (Wildman–Crippen LogP) is 2.35. The first kappa shape index (κ1) is 14.8. The normalized spacial score (nSPS) is 22.4. The molecule has 18 heavy (non-hydrogen) atoms. The average Bonchev–Trinajstić information content (AvgIpc) is 2.25. The molecule has 0 radical (unpaired) electrons. The predicted molar refractivity (Wildman–Crippen MR) is 67.3 cm³/mol. The van der Waals surface area contributed by atoms with E-state index in [2.05, 4.69) is 0 Å². The zero-order valence-corrected chi connectivity index (χ0v) is 11.6. The summed E-state index contributed by atoms with van der Waals surface area (Å²) in [5.41, 5.74) is -0.511. The van der Waals surface area contributed by atoms with Gasteiger partial charge < -0.3 is 14.7 Å². The molecular formula is C13H23NO4. The van der Waals surface area contributed by atoms with Gasteiger partial charge >= 0.3 is 12.1 Å². The van der Waals surface area contributed by atoms with Crippen molar-refractivity contribution in [2.75, 3.05) is 13.1 Å². The fraction of sp³-hybridized carbons (Fsp3) is 0.846. The number of hydrogen-bond acceptors (Lipinski definition) is 3. The van der Waals surface area contributed by atoms with Gasteiger partial charge in [-0.2, -0.15) is 0 Å². The van der Waals surface area contributed by atoms with E-state index in [9.17, 15) is 9.59 Å². The number of hydrogen-bond donors (Lipinski definition) is 1. The maximum atomic E-state index is 11.9. The molecule has 0 unspecified atom stereocenters. The fourth-order valence-electron chi connectivity index (χ4n) is 2.11. The summed E-state index contributed by atoms with van der Waals surface area (Å²) in [4.78, 5) is 24.5. The molecule has 1 amide bonds. The van der Waals surface area contributed by atoms with E-state index in [4.69, 9.17) is 9.84 Å². The van der Waals surface area contributed by atoms with Crippen molar-refractivity contribution in [2.24, 2.45) is 11.8 Å². The molecule has 5 heteroatoms. The van der Waals surface area contributed by atoms with Crippen LogP contribution < -0.4 is 0 Å². The second kappa shape index (κ2) is 5.59. The second-order valence-corrected chi connectivity index (χ2v) is 5.96. The summed E-state index contributed by atoms with van der Waals surface area (Å²) in [6.07, 6.45) is 1.35. The molecule has 104 valence electrons. The number of carbonyl (C=O) groups is 2. The smallest absolute Gasteiger partial charge is 0.410 e. The maximum Gasteiger partial charge on any atom is 0.410 e. The number of likely N-dealkylation sites (tertiary alicyclic amines) is 1. The summed E-state index contributed by atoms with van der Waals surface area (Å²) < 4.78 is 5.31. The maximum absolute atomic E-state index is 11.9. The first-order valence-corrected chi connectivity index (χ1v) is 6.41. The van der Waals surface area contributed by atoms with Crippen molar-refractivity contribution in [2.45, 2.75) is 46.1 Å². The first-order valence-electron chi connectivity index (χ1n) is 6.41. The molecule has 0 aromatic heterocycles. The zero-order chi connectivity index (χ0) is 13.9. The largest absolute Gasteiger partial charge is 0.481 e. The summed E-state index contributed by atoms with van der Waals surface area (Å²) in [7, 11) is 0. The summed E-state index contributed by atoms with van der Waals surface area (Å²) >= 11 is 0. The Morgan fingerprint density at radius 3 is 2.50 bits per heavy atom. The molecule has 0 aromatic rings. The van der Waals surface area contributed by atoms with Crippen LogP contribution in [0.25, 0.3) is 0 Å². The Hall–Kier alpha value is -1.26. The average molecular weight is 257 g/mol. The minimum absolute atomic E-state index is 0.0174. The van der Waals surface area contributed by atoms with E-state index < -0.39 is 17.5 Å². The quantitative estimate of drug-likeness (QED) is 0.824. The van der Waals surface area contributed by atoms with Crippen molar-refractivity contribution in [3.05, 3.63) is 0 Å². The number of carboxylic acid groups (broad SMARTS) is 1. The molecule has 1 N–H and O–H groups in total. The molecule has 0 spiro atoms. The van der Waals surface area contributed by atoms with Crippen LogP contribution in [0, 0.1) is 11.8 Å². The third kappa shape index (κ3) is 4.20. The Kier molecular flexibility index (Phi) is 4.59. The van der Waals surface area contributed by atoms with Crippen LogP contribution in [0.3, 0.4) is 0 Å². The van der Waals surface area contributed by atoms with Crippen molar-refractivity contribution in [3.63, 3.8) is 0 Å². The van der Waals surface area contributed by atoms with Gasteiger partial charge in [-0.1, -0.05) is 6.92 Å². The molecule has 1 aliphatic heterocycles. The van der Waals surface area contributed by atoms with Crippen LogP contribution in [0.15, 0.2) is 0 Å². The summed E-state index contributed by atoms with van der Waals surface area (Å²) in [6.45, 7) is 8.30. The van der Waals surface area contributed by atoms with Crippen LogP contribution in [0.2, 0.25) is 0 Å². The lowest BCUT2D eigenvalue weighted by molar-refractivity contribution is -0.143. The number of ether oxygens (including phenoxy) is 1. The van der Waals surface area contributed by atoms with Crippen molar-refractivity contribution >= 4 is 12.1 Å². The minimum atomic E-state index is -0.800. The molecule has 1 saturated heterocycles. The molecule has 0 aromatic carbocycles. The Morgan fingerprint density at radius 1 is 1.39 bits per heavy atom. The van der Waals surface area contributed by atoms with E-state index >= 15 is 0 Å². The van der Waals surface area contributed by atoms with Crippen LogP contribution >= 0.6 is 0 Å². The van der Waals surface area contributed by atoms with Gasteiger partial charge in [0.15, 0.2) is 0 Å². The van der Waals surface area contributed by atoms with Gasteiger partial charge in [0, 0.05) is 13.1 Å². The molecular weight excluding hydrogens is 234 g/mol. The Morgan fingerprint density at radius 2 is 2.00 bits per heavy atom. The van der Waals surface area contributed by atoms with E-state index in [1.807, 2.05) is 20.8 Å². The van der Waals surface area contributed by atoms with Crippen LogP contribution in [0.4, 0.5) is 4.79 Å². The summed E-state index contributed by atoms with van der Waals surface area (Å²) in [5.74, 6) is -1.20. The highest BCUT2D eigenvalue weighted by Gasteiger charge is 2.32. The lowest BCUT2D eigenvalue weighted by Crippen LogP contribution is -2.45.